The van der Waals surface area contributed by atoms with E-state index in [0.717, 1.165) is 0 Å². The SMILES string of the molecule is CNCCCS(=O)(=O)Nc1cc(OC)cc(OC)c1. The standard InChI is InChI=1S/C12H20N2O4S/c1-13-5-4-6-19(15,16)14-10-7-11(17-2)9-12(8-10)18-3/h7-9,13-14H,4-6H2,1-3H3. The molecule has 0 bridgehead atoms. The quantitative estimate of drug-likeness (QED) is 0.699. The molecule has 0 spiro atoms. The first-order chi connectivity index (χ1) is 9.00. The van der Waals surface area contributed by atoms with E-state index < -0.39 is 10.0 Å². The molecule has 0 radical (unpaired) electrons. The minimum atomic E-state index is -3.36. The highest BCUT2D eigenvalue weighted by Gasteiger charge is 2.11. The fraction of sp³-hybridized carbons (Fsp3) is 0.500. The Morgan fingerprint density at radius 3 is 2.16 bits per heavy atom. The van der Waals surface area contributed by atoms with Crippen LogP contribution in [0.4, 0.5) is 5.69 Å². The van der Waals surface area contributed by atoms with Crippen molar-refractivity contribution in [3.63, 3.8) is 0 Å². The van der Waals surface area contributed by atoms with E-state index in [-0.39, 0.29) is 5.75 Å². The molecule has 0 saturated carbocycles. The Labute approximate surface area is 114 Å². The van der Waals surface area contributed by atoms with Gasteiger partial charge in [0.05, 0.1) is 25.7 Å². The molecule has 0 unspecified atom stereocenters. The lowest BCUT2D eigenvalue weighted by Crippen LogP contribution is -2.20. The van der Waals surface area contributed by atoms with Crippen LogP contribution in [0.15, 0.2) is 18.2 Å². The van der Waals surface area contributed by atoms with Crippen molar-refractivity contribution in [3.8, 4) is 11.5 Å². The normalized spacial score (nSPS) is 11.1. The van der Waals surface area contributed by atoms with Crippen molar-refractivity contribution in [1.29, 1.82) is 0 Å². The third-order valence-corrected chi connectivity index (χ3v) is 3.84. The Balaban J connectivity index is 2.80. The van der Waals surface area contributed by atoms with E-state index in [1.165, 1.54) is 14.2 Å². The molecule has 6 nitrogen and oxygen atoms in total. The average Bonchev–Trinajstić information content (AvgIpc) is 2.37. The third kappa shape index (κ3) is 5.35. The van der Waals surface area contributed by atoms with Crippen molar-refractivity contribution >= 4 is 15.7 Å². The molecule has 0 saturated heterocycles. The van der Waals surface area contributed by atoms with Gasteiger partial charge >= 0.3 is 0 Å². The molecule has 2 N–H and O–H groups in total. The maximum atomic E-state index is 11.9. The highest BCUT2D eigenvalue weighted by molar-refractivity contribution is 7.92. The Morgan fingerprint density at radius 2 is 1.68 bits per heavy atom. The maximum Gasteiger partial charge on any atom is 0.232 e. The smallest absolute Gasteiger partial charge is 0.232 e. The first kappa shape index (κ1) is 15.6. The Bertz CT molecular complexity index is 480. The van der Waals surface area contributed by atoms with E-state index in [9.17, 15) is 8.42 Å². The molecule has 7 heteroatoms. The lowest BCUT2D eigenvalue weighted by molar-refractivity contribution is 0.395. The number of anilines is 1. The van der Waals surface area contributed by atoms with Gasteiger partial charge in [0.2, 0.25) is 10.0 Å². The number of hydrogen-bond acceptors (Lipinski definition) is 5. The van der Waals surface area contributed by atoms with Crippen molar-refractivity contribution in [3.05, 3.63) is 18.2 Å². The predicted octanol–water partition coefficient (Wildman–Crippen LogP) is 1.05. The van der Waals surface area contributed by atoms with Crippen molar-refractivity contribution in [2.45, 2.75) is 6.42 Å². The van der Waals surface area contributed by atoms with Crippen LogP contribution in [0.25, 0.3) is 0 Å². The molecule has 0 aliphatic rings. The summed E-state index contributed by atoms with van der Waals surface area (Å²) in [4.78, 5) is 0. The number of nitrogens with one attached hydrogen (secondary N) is 2. The number of rotatable bonds is 8. The highest BCUT2D eigenvalue weighted by Crippen LogP contribution is 2.26. The molecule has 108 valence electrons. The summed E-state index contributed by atoms with van der Waals surface area (Å²) in [5.74, 6) is 1.13. The molecule has 0 aliphatic heterocycles. The van der Waals surface area contributed by atoms with Crippen molar-refractivity contribution < 1.29 is 17.9 Å². The maximum absolute atomic E-state index is 11.9. The minimum absolute atomic E-state index is 0.0629. The van der Waals surface area contributed by atoms with E-state index >= 15 is 0 Å². The summed E-state index contributed by atoms with van der Waals surface area (Å²) < 4.78 is 36.4. The van der Waals surface area contributed by atoms with Gasteiger partial charge in [-0.2, -0.15) is 0 Å². The van der Waals surface area contributed by atoms with Crippen LogP contribution < -0.4 is 19.5 Å². The summed E-state index contributed by atoms with van der Waals surface area (Å²) >= 11 is 0. The summed E-state index contributed by atoms with van der Waals surface area (Å²) in [6.07, 6.45) is 0.549. The minimum Gasteiger partial charge on any atom is -0.497 e. The topological polar surface area (TPSA) is 76.7 Å². The third-order valence-electron chi connectivity index (χ3n) is 2.46. The summed E-state index contributed by atoms with van der Waals surface area (Å²) in [7, 11) is 1.45. The fourth-order valence-corrected chi connectivity index (χ4v) is 2.64. The van der Waals surface area contributed by atoms with Gasteiger partial charge in [-0.3, -0.25) is 4.72 Å². The van der Waals surface area contributed by atoms with Gasteiger partial charge in [0.25, 0.3) is 0 Å². The summed E-state index contributed by atoms with van der Waals surface area (Å²) in [6, 6.07) is 4.90. The molecule has 1 rings (SSSR count). The lowest BCUT2D eigenvalue weighted by atomic mass is 10.3. The van der Waals surface area contributed by atoms with Gasteiger partial charge in [0.1, 0.15) is 11.5 Å². The summed E-state index contributed by atoms with van der Waals surface area (Å²) in [5.41, 5.74) is 0.431. The Kier molecular flexibility index (Phi) is 5.91. The first-order valence-corrected chi connectivity index (χ1v) is 7.54. The van der Waals surface area contributed by atoms with Crippen molar-refractivity contribution in [2.24, 2.45) is 0 Å². The fourth-order valence-electron chi connectivity index (χ4n) is 1.54. The lowest BCUT2D eigenvalue weighted by Gasteiger charge is -2.11. The van der Waals surface area contributed by atoms with Gasteiger partial charge in [0.15, 0.2) is 0 Å². The number of benzene rings is 1. The van der Waals surface area contributed by atoms with Crippen LogP contribution in [0.2, 0.25) is 0 Å². The molecule has 0 amide bonds. The van der Waals surface area contributed by atoms with Gasteiger partial charge in [-0.25, -0.2) is 8.42 Å². The number of methoxy groups -OCH3 is 2. The Hall–Kier alpha value is -1.47. The van der Waals surface area contributed by atoms with Crippen LogP contribution >= 0.6 is 0 Å². The van der Waals surface area contributed by atoms with E-state index in [4.69, 9.17) is 9.47 Å². The molecular formula is C12H20N2O4S. The molecule has 0 aromatic heterocycles. The zero-order valence-electron chi connectivity index (χ0n) is 11.4. The monoisotopic (exact) mass is 288 g/mol. The van der Waals surface area contributed by atoms with Gasteiger partial charge in [-0.05, 0) is 20.0 Å². The van der Waals surface area contributed by atoms with Gasteiger partial charge < -0.3 is 14.8 Å². The van der Waals surface area contributed by atoms with Crippen LogP contribution in [-0.2, 0) is 10.0 Å². The van der Waals surface area contributed by atoms with Crippen LogP contribution in [0.3, 0.4) is 0 Å². The predicted molar refractivity (Wildman–Crippen MR) is 75.5 cm³/mol. The van der Waals surface area contributed by atoms with Crippen LogP contribution in [-0.4, -0.2) is 42.0 Å². The molecule has 0 heterocycles. The molecular weight excluding hydrogens is 268 g/mol. The molecule has 19 heavy (non-hydrogen) atoms. The largest absolute Gasteiger partial charge is 0.497 e. The zero-order valence-corrected chi connectivity index (χ0v) is 12.2. The van der Waals surface area contributed by atoms with Crippen LogP contribution in [0.1, 0.15) is 6.42 Å². The number of hydrogen-bond donors (Lipinski definition) is 2. The Morgan fingerprint density at radius 1 is 1.11 bits per heavy atom. The second-order valence-electron chi connectivity index (χ2n) is 3.98. The second kappa shape index (κ2) is 7.20. The van der Waals surface area contributed by atoms with Gasteiger partial charge in [-0.1, -0.05) is 0 Å². The molecule has 0 atom stereocenters. The molecule has 1 aromatic carbocycles. The molecule has 1 aromatic rings. The number of sulfonamides is 1. The molecule has 0 fully saturated rings. The van der Waals surface area contributed by atoms with E-state index in [2.05, 4.69) is 10.0 Å². The van der Waals surface area contributed by atoms with Crippen LogP contribution in [0, 0.1) is 0 Å². The molecule has 0 aliphatic carbocycles. The second-order valence-corrected chi connectivity index (χ2v) is 5.82. The van der Waals surface area contributed by atoms with Crippen molar-refractivity contribution in [1.82, 2.24) is 5.32 Å². The highest BCUT2D eigenvalue weighted by atomic mass is 32.2. The van der Waals surface area contributed by atoms with Crippen molar-refractivity contribution in [2.75, 3.05) is 38.3 Å². The number of ether oxygens (including phenoxy) is 2. The van der Waals surface area contributed by atoms with Crippen LogP contribution in [0.5, 0.6) is 11.5 Å². The van der Waals surface area contributed by atoms with Gasteiger partial charge in [-0.15, -0.1) is 0 Å². The van der Waals surface area contributed by atoms with E-state index in [1.807, 2.05) is 0 Å². The summed E-state index contributed by atoms with van der Waals surface area (Å²) in [5, 5.41) is 2.91. The van der Waals surface area contributed by atoms with E-state index in [1.54, 1.807) is 25.2 Å². The summed E-state index contributed by atoms with van der Waals surface area (Å²) in [6.45, 7) is 0.655. The first-order valence-electron chi connectivity index (χ1n) is 5.89. The zero-order chi connectivity index (χ0) is 14.3. The van der Waals surface area contributed by atoms with E-state index in [0.29, 0.717) is 30.2 Å². The van der Waals surface area contributed by atoms with Gasteiger partial charge in [0, 0.05) is 18.2 Å². The average molecular weight is 288 g/mol.